The number of amides is 2. The zero-order valence-corrected chi connectivity index (χ0v) is 18.3. The van der Waals surface area contributed by atoms with Crippen molar-refractivity contribution < 1.29 is 14.3 Å². The highest BCUT2D eigenvalue weighted by atomic mass is 16.6. The molecule has 0 unspecified atom stereocenters. The van der Waals surface area contributed by atoms with Gasteiger partial charge in [0.05, 0.1) is 24.0 Å². The number of fused-ring (bicyclic) bond motifs is 2. The van der Waals surface area contributed by atoms with Crippen molar-refractivity contribution in [3.63, 3.8) is 0 Å². The molecule has 2 amide bonds. The van der Waals surface area contributed by atoms with Gasteiger partial charge in [-0.2, -0.15) is 0 Å². The largest absolute Gasteiger partial charge is 0.447 e. The molecule has 6 nitrogen and oxygen atoms in total. The number of rotatable bonds is 6. The molecule has 3 rings (SSSR count). The van der Waals surface area contributed by atoms with Gasteiger partial charge in [-0.3, -0.25) is 19.9 Å². The standard InChI is InChI=1S/C24H31N3O3/c1-5-26(6-2)16-23(28)27-21-10-8-7-9-18(21)11-12-19-13-14-20(15-22(19)27)25-24(29)30-17(3)4/h7-10,13-15,17H,5-6,11-12,16H2,1-4H3,(H,25,29). The van der Waals surface area contributed by atoms with Crippen molar-refractivity contribution in [3.05, 3.63) is 53.6 Å². The van der Waals surface area contributed by atoms with Crippen molar-refractivity contribution >= 4 is 29.1 Å². The third-order valence-electron chi connectivity index (χ3n) is 5.31. The number of carbonyl (C=O) groups is 2. The number of nitrogens with zero attached hydrogens (tertiary/aromatic N) is 2. The molecule has 1 N–H and O–H groups in total. The molecule has 1 heterocycles. The molecule has 0 fully saturated rings. The number of ether oxygens (including phenoxy) is 1. The Morgan fingerprint density at radius 3 is 2.37 bits per heavy atom. The zero-order chi connectivity index (χ0) is 21.7. The van der Waals surface area contributed by atoms with E-state index in [2.05, 4.69) is 30.1 Å². The average Bonchev–Trinajstić information content (AvgIpc) is 2.87. The molecule has 160 valence electrons. The minimum Gasteiger partial charge on any atom is -0.447 e. The Labute approximate surface area is 178 Å². The lowest BCUT2D eigenvalue weighted by atomic mass is 10.0. The fourth-order valence-corrected chi connectivity index (χ4v) is 3.74. The number of para-hydroxylation sites is 1. The molecule has 0 atom stereocenters. The Hall–Kier alpha value is -2.86. The molecule has 2 aromatic carbocycles. The van der Waals surface area contributed by atoms with Crippen molar-refractivity contribution in [2.75, 3.05) is 29.9 Å². The van der Waals surface area contributed by atoms with Crippen molar-refractivity contribution in [2.45, 2.75) is 46.6 Å². The van der Waals surface area contributed by atoms with Crippen LogP contribution in [0.25, 0.3) is 0 Å². The second-order valence-electron chi connectivity index (χ2n) is 7.74. The van der Waals surface area contributed by atoms with E-state index in [1.165, 1.54) is 0 Å². The van der Waals surface area contributed by atoms with E-state index in [0.717, 1.165) is 48.4 Å². The van der Waals surface area contributed by atoms with Crippen LogP contribution < -0.4 is 10.2 Å². The summed E-state index contributed by atoms with van der Waals surface area (Å²) in [6.45, 7) is 9.70. The Kier molecular flexibility index (Phi) is 7.11. The van der Waals surface area contributed by atoms with Gasteiger partial charge in [0.25, 0.3) is 0 Å². The highest BCUT2D eigenvalue weighted by Crippen LogP contribution is 2.37. The predicted molar refractivity (Wildman–Crippen MR) is 120 cm³/mol. The number of benzene rings is 2. The predicted octanol–water partition coefficient (Wildman–Crippen LogP) is 4.75. The smallest absolute Gasteiger partial charge is 0.411 e. The monoisotopic (exact) mass is 409 g/mol. The van der Waals surface area contributed by atoms with Crippen LogP contribution in [-0.4, -0.2) is 42.6 Å². The number of hydrogen-bond donors (Lipinski definition) is 1. The lowest BCUT2D eigenvalue weighted by molar-refractivity contribution is -0.119. The number of carbonyl (C=O) groups excluding carboxylic acids is 2. The first-order valence-corrected chi connectivity index (χ1v) is 10.7. The van der Waals surface area contributed by atoms with Crippen LogP contribution in [0.2, 0.25) is 0 Å². The Morgan fingerprint density at radius 1 is 1.03 bits per heavy atom. The van der Waals surface area contributed by atoms with Crippen LogP contribution in [0, 0.1) is 0 Å². The molecule has 0 spiro atoms. The van der Waals surface area contributed by atoms with E-state index in [1.807, 2.05) is 41.3 Å². The maximum Gasteiger partial charge on any atom is 0.411 e. The minimum absolute atomic E-state index is 0.0243. The lowest BCUT2D eigenvalue weighted by Crippen LogP contribution is -2.38. The number of hydrogen-bond acceptors (Lipinski definition) is 4. The average molecular weight is 410 g/mol. The molecule has 1 aliphatic heterocycles. The highest BCUT2D eigenvalue weighted by Gasteiger charge is 2.27. The third kappa shape index (κ3) is 5.00. The van der Waals surface area contributed by atoms with Crippen LogP contribution >= 0.6 is 0 Å². The third-order valence-corrected chi connectivity index (χ3v) is 5.31. The van der Waals surface area contributed by atoms with E-state index < -0.39 is 6.09 Å². The SMILES string of the molecule is CCN(CC)CC(=O)N1c2ccccc2CCc2ccc(NC(=O)OC(C)C)cc21. The maximum absolute atomic E-state index is 13.5. The summed E-state index contributed by atoms with van der Waals surface area (Å²) in [5.41, 5.74) is 4.58. The van der Waals surface area contributed by atoms with Crippen LogP contribution in [0.1, 0.15) is 38.8 Å². The highest BCUT2D eigenvalue weighted by molar-refractivity contribution is 6.04. The van der Waals surface area contributed by atoms with E-state index in [9.17, 15) is 9.59 Å². The van der Waals surface area contributed by atoms with E-state index in [4.69, 9.17) is 4.74 Å². The number of aryl methyl sites for hydroxylation is 2. The van der Waals surface area contributed by atoms with Crippen molar-refractivity contribution in [3.8, 4) is 0 Å². The molecule has 30 heavy (non-hydrogen) atoms. The number of likely N-dealkylation sites (N-methyl/N-ethyl adjacent to an activating group) is 1. The number of anilines is 3. The van der Waals surface area contributed by atoms with Gasteiger partial charge in [-0.25, -0.2) is 4.79 Å². The normalized spacial score (nSPS) is 12.9. The topological polar surface area (TPSA) is 61.9 Å². The Bertz CT molecular complexity index is 906. The summed E-state index contributed by atoms with van der Waals surface area (Å²) in [6, 6.07) is 13.8. The summed E-state index contributed by atoms with van der Waals surface area (Å²) in [4.78, 5) is 29.5. The Morgan fingerprint density at radius 2 is 1.70 bits per heavy atom. The van der Waals surface area contributed by atoms with Gasteiger partial charge in [-0.1, -0.05) is 38.1 Å². The van der Waals surface area contributed by atoms with E-state index >= 15 is 0 Å². The molecular weight excluding hydrogens is 378 g/mol. The van der Waals surface area contributed by atoms with Crippen LogP contribution in [0.3, 0.4) is 0 Å². The summed E-state index contributed by atoms with van der Waals surface area (Å²) >= 11 is 0. The van der Waals surface area contributed by atoms with Gasteiger partial charge in [0.2, 0.25) is 5.91 Å². The van der Waals surface area contributed by atoms with Crippen LogP contribution in [0.5, 0.6) is 0 Å². The molecule has 2 aromatic rings. The Balaban J connectivity index is 2.01. The quantitative estimate of drug-likeness (QED) is 0.748. The summed E-state index contributed by atoms with van der Waals surface area (Å²) in [5, 5.41) is 2.78. The molecule has 0 aromatic heterocycles. The van der Waals surface area contributed by atoms with Crippen LogP contribution in [-0.2, 0) is 22.4 Å². The molecular formula is C24H31N3O3. The first kappa shape index (κ1) is 21.8. The second kappa shape index (κ2) is 9.76. The van der Waals surface area contributed by atoms with Gasteiger partial charge in [0, 0.05) is 5.69 Å². The molecule has 0 saturated heterocycles. The zero-order valence-electron chi connectivity index (χ0n) is 18.3. The van der Waals surface area contributed by atoms with Crippen molar-refractivity contribution in [1.82, 2.24) is 4.90 Å². The number of nitrogens with one attached hydrogen (secondary N) is 1. The fraction of sp³-hybridized carbons (Fsp3) is 0.417. The fourth-order valence-electron chi connectivity index (χ4n) is 3.74. The van der Waals surface area contributed by atoms with Gasteiger partial charge in [0.15, 0.2) is 0 Å². The van der Waals surface area contributed by atoms with E-state index in [1.54, 1.807) is 13.8 Å². The van der Waals surface area contributed by atoms with E-state index in [-0.39, 0.29) is 12.0 Å². The minimum atomic E-state index is -0.500. The van der Waals surface area contributed by atoms with Gasteiger partial charge >= 0.3 is 6.09 Å². The lowest BCUT2D eigenvalue weighted by Gasteiger charge is -2.28. The first-order chi connectivity index (χ1) is 14.4. The summed E-state index contributed by atoms with van der Waals surface area (Å²) in [7, 11) is 0. The van der Waals surface area contributed by atoms with Gasteiger partial charge in [0.1, 0.15) is 0 Å². The summed E-state index contributed by atoms with van der Waals surface area (Å²) in [5.74, 6) is 0.0243. The molecule has 0 radical (unpaired) electrons. The van der Waals surface area contributed by atoms with E-state index in [0.29, 0.717) is 12.2 Å². The van der Waals surface area contributed by atoms with Crippen molar-refractivity contribution in [2.24, 2.45) is 0 Å². The van der Waals surface area contributed by atoms with Crippen LogP contribution in [0.4, 0.5) is 21.9 Å². The molecule has 1 aliphatic rings. The van der Waals surface area contributed by atoms with Crippen LogP contribution in [0.15, 0.2) is 42.5 Å². The second-order valence-corrected chi connectivity index (χ2v) is 7.74. The van der Waals surface area contributed by atoms with Gasteiger partial charge in [-0.15, -0.1) is 0 Å². The summed E-state index contributed by atoms with van der Waals surface area (Å²) < 4.78 is 5.20. The first-order valence-electron chi connectivity index (χ1n) is 10.7. The van der Waals surface area contributed by atoms with Gasteiger partial charge < -0.3 is 4.74 Å². The van der Waals surface area contributed by atoms with Crippen molar-refractivity contribution in [1.29, 1.82) is 0 Å². The molecule has 0 saturated carbocycles. The maximum atomic E-state index is 13.5. The summed E-state index contributed by atoms with van der Waals surface area (Å²) in [6.07, 6.45) is 0.989. The molecule has 6 heteroatoms. The van der Waals surface area contributed by atoms with Gasteiger partial charge in [-0.05, 0) is 69.1 Å². The molecule has 0 aliphatic carbocycles. The molecule has 0 bridgehead atoms.